The Morgan fingerprint density at radius 3 is 2.62 bits per heavy atom. The second kappa shape index (κ2) is 9.52. The van der Waals surface area contributed by atoms with E-state index in [9.17, 15) is 14.4 Å². The van der Waals surface area contributed by atoms with Crippen molar-refractivity contribution in [3.8, 4) is 5.75 Å². The summed E-state index contributed by atoms with van der Waals surface area (Å²) < 4.78 is 15.5. The molecule has 4 rings (SSSR count). The van der Waals surface area contributed by atoms with Gasteiger partial charge >= 0.3 is 5.97 Å². The Hall–Kier alpha value is -3.20. The minimum absolute atomic E-state index is 0.0172. The first-order valence-corrected chi connectivity index (χ1v) is 11.2. The first-order valence-electron chi connectivity index (χ1n) is 10.4. The number of piperidine rings is 1. The van der Waals surface area contributed by atoms with Gasteiger partial charge in [-0.05, 0) is 61.4 Å². The number of hydrogen-bond donors (Lipinski definition) is 0. The number of thioether (sulfide) groups is 1. The van der Waals surface area contributed by atoms with Crippen LogP contribution in [0.25, 0.3) is 6.08 Å². The van der Waals surface area contributed by atoms with Crippen molar-refractivity contribution >= 4 is 40.6 Å². The Morgan fingerprint density at radius 2 is 1.91 bits per heavy atom. The number of hydrogen-bond acceptors (Lipinski definition) is 8. The molecule has 32 heavy (non-hydrogen) atoms. The second-order valence-electron chi connectivity index (χ2n) is 7.50. The molecule has 0 atom stereocenters. The normalized spacial score (nSPS) is 17.9. The first kappa shape index (κ1) is 22.0. The van der Waals surface area contributed by atoms with Crippen LogP contribution in [-0.2, 0) is 16.1 Å². The number of anilines is 1. The minimum Gasteiger partial charge on any atom is -0.496 e. The molecule has 0 unspecified atom stereocenters. The van der Waals surface area contributed by atoms with E-state index in [0.29, 0.717) is 16.4 Å². The Bertz CT molecular complexity index is 1070. The summed E-state index contributed by atoms with van der Waals surface area (Å²) in [5, 5.41) is -0.402. The quantitative estimate of drug-likeness (QED) is 0.470. The lowest BCUT2D eigenvalue weighted by Crippen LogP contribution is -2.29. The highest BCUT2D eigenvalue weighted by molar-refractivity contribution is 8.18. The van der Waals surface area contributed by atoms with Crippen LogP contribution in [0.3, 0.4) is 0 Å². The second-order valence-corrected chi connectivity index (χ2v) is 8.49. The molecule has 1 aromatic heterocycles. The van der Waals surface area contributed by atoms with E-state index in [0.717, 1.165) is 41.0 Å². The third-order valence-electron chi connectivity index (χ3n) is 5.46. The van der Waals surface area contributed by atoms with Gasteiger partial charge in [0.1, 0.15) is 11.5 Å². The summed E-state index contributed by atoms with van der Waals surface area (Å²) in [6.45, 7) is 1.97. The Balaban J connectivity index is 1.52. The first-order chi connectivity index (χ1) is 15.5. The van der Waals surface area contributed by atoms with Crippen LogP contribution in [0.2, 0.25) is 0 Å². The third kappa shape index (κ3) is 4.52. The molecule has 0 radical (unpaired) electrons. The van der Waals surface area contributed by atoms with Crippen LogP contribution in [-0.4, -0.2) is 49.3 Å². The Morgan fingerprint density at radius 1 is 1.12 bits per heavy atom. The van der Waals surface area contributed by atoms with E-state index in [1.54, 1.807) is 19.3 Å². The largest absolute Gasteiger partial charge is 0.496 e. The lowest BCUT2D eigenvalue weighted by atomic mass is 10.1. The van der Waals surface area contributed by atoms with Crippen LogP contribution in [0.1, 0.15) is 41.1 Å². The lowest BCUT2D eigenvalue weighted by molar-refractivity contribution is -0.123. The van der Waals surface area contributed by atoms with Gasteiger partial charge in [0.15, 0.2) is 0 Å². The van der Waals surface area contributed by atoms with Crippen LogP contribution in [0.4, 0.5) is 10.5 Å². The number of rotatable bonds is 6. The van der Waals surface area contributed by atoms with E-state index in [2.05, 4.69) is 9.64 Å². The van der Waals surface area contributed by atoms with Gasteiger partial charge in [-0.15, -0.1) is 0 Å². The fourth-order valence-electron chi connectivity index (χ4n) is 3.77. The van der Waals surface area contributed by atoms with Crippen molar-refractivity contribution in [1.29, 1.82) is 0 Å². The molecular weight excluding hydrogens is 432 g/mol. The summed E-state index contributed by atoms with van der Waals surface area (Å²) in [5.74, 6) is -0.0573. The molecule has 0 bridgehead atoms. The van der Waals surface area contributed by atoms with Gasteiger partial charge in [0, 0.05) is 30.4 Å². The average Bonchev–Trinajstić information content (AvgIpc) is 3.40. The molecule has 8 nitrogen and oxygen atoms in total. The molecule has 3 heterocycles. The van der Waals surface area contributed by atoms with Crippen molar-refractivity contribution in [3.63, 3.8) is 0 Å². The number of amides is 2. The van der Waals surface area contributed by atoms with Crippen LogP contribution in [0.5, 0.6) is 5.75 Å². The number of nitrogens with zero attached hydrogens (tertiary/aromatic N) is 2. The monoisotopic (exact) mass is 456 g/mol. The van der Waals surface area contributed by atoms with Crippen molar-refractivity contribution in [1.82, 2.24) is 4.90 Å². The van der Waals surface area contributed by atoms with Gasteiger partial charge in [-0.2, -0.15) is 0 Å². The SMILES string of the molecule is COC(=O)c1ccc(CN2C(=O)SC(=Cc3ccc(N4CCCCC4)cc3OC)C2=O)o1. The number of carbonyl (C=O) groups is 3. The molecule has 9 heteroatoms. The highest BCUT2D eigenvalue weighted by Gasteiger charge is 2.36. The summed E-state index contributed by atoms with van der Waals surface area (Å²) in [5.41, 5.74) is 1.82. The third-order valence-corrected chi connectivity index (χ3v) is 6.37. The zero-order valence-electron chi connectivity index (χ0n) is 18.0. The molecule has 0 saturated carbocycles. The Kier molecular flexibility index (Phi) is 6.55. The topological polar surface area (TPSA) is 89.3 Å². The number of furan rings is 1. The molecule has 2 aliphatic heterocycles. The molecule has 2 aliphatic rings. The average molecular weight is 457 g/mol. The van der Waals surface area contributed by atoms with Gasteiger partial charge in [0.25, 0.3) is 11.1 Å². The van der Waals surface area contributed by atoms with Crippen LogP contribution < -0.4 is 9.64 Å². The molecule has 2 amide bonds. The molecule has 0 spiro atoms. The van der Waals surface area contributed by atoms with E-state index >= 15 is 0 Å². The van der Waals surface area contributed by atoms with Crippen LogP contribution in [0.15, 0.2) is 39.7 Å². The predicted molar refractivity (Wildman–Crippen MR) is 121 cm³/mol. The lowest BCUT2D eigenvalue weighted by Gasteiger charge is -2.29. The van der Waals surface area contributed by atoms with Gasteiger partial charge < -0.3 is 18.8 Å². The van der Waals surface area contributed by atoms with E-state index in [1.165, 1.54) is 32.4 Å². The zero-order valence-corrected chi connectivity index (χ0v) is 18.8. The maximum atomic E-state index is 12.9. The number of esters is 1. The van der Waals surface area contributed by atoms with Crippen molar-refractivity contribution < 1.29 is 28.3 Å². The predicted octanol–water partition coefficient (Wildman–Crippen LogP) is 4.30. The molecular formula is C23H24N2O6S. The molecule has 168 valence electrons. The van der Waals surface area contributed by atoms with Crippen molar-refractivity contribution in [2.45, 2.75) is 25.8 Å². The van der Waals surface area contributed by atoms with E-state index in [4.69, 9.17) is 9.15 Å². The van der Waals surface area contributed by atoms with Crippen LogP contribution in [0, 0.1) is 0 Å². The molecule has 1 aromatic carbocycles. The summed E-state index contributed by atoms with van der Waals surface area (Å²) >= 11 is 0.864. The van der Waals surface area contributed by atoms with Crippen LogP contribution >= 0.6 is 11.8 Å². The van der Waals surface area contributed by atoms with Gasteiger partial charge in [-0.25, -0.2) is 4.79 Å². The van der Waals surface area contributed by atoms with Crippen molar-refractivity contribution in [3.05, 3.63) is 52.3 Å². The summed E-state index contributed by atoms with van der Waals surface area (Å²) in [6, 6.07) is 8.89. The molecule has 0 N–H and O–H groups in total. The van der Waals surface area contributed by atoms with Gasteiger partial charge in [0.2, 0.25) is 5.76 Å². The smallest absolute Gasteiger partial charge is 0.373 e. The standard InChI is InChI=1S/C23H24N2O6S/c1-29-19-13-16(24-10-4-3-5-11-24)7-6-15(19)12-20-21(26)25(23(28)32-20)14-17-8-9-18(31-17)22(27)30-2/h6-9,12-13H,3-5,10-11,14H2,1-2H3. The van der Waals surface area contributed by atoms with Gasteiger partial charge in [-0.3, -0.25) is 14.5 Å². The maximum absolute atomic E-state index is 12.9. The van der Waals surface area contributed by atoms with Crippen molar-refractivity contribution in [2.75, 3.05) is 32.2 Å². The van der Waals surface area contributed by atoms with E-state index in [-0.39, 0.29) is 12.3 Å². The fraction of sp³-hybridized carbons (Fsp3) is 0.348. The Labute approximate surface area is 190 Å². The maximum Gasteiger partial charge on any atom is 0.373 e. The zero-order chi connectivity index (χ0) is 22.7. The molecule has 2 fully saturated rings. The molecule has 2 aromatic rings. The number of benzene rings is 1. The minimum atomic E-state index is -0.620. The number of carbonyl (C=O) groups excluding carboxylic acids is 3. The fourth-order valence-corrected chi connectivity index (χ4v) is 4.60. The number of ether oxygens (including phenoxy) is 2. The molecule has 0 aliphatic carbocycles. The highest BCUT2D eigenvalue weighted by atomic mass is 32.2. The number of imide groups is 1. The van der Waals surface area contributed by atoms with Gasteiger partial charge in [-0.1, -0.05) is 0 Å². The summed E-state index contributed by atoms with van der Waals surface area (Å²) in [7, 11) is 2.84. The summed E-state index contributed by atoms with van der Waals surface area (Å²) in [6.07, 6.45) is 5.28. The van der Waals surface area contributed by atoms with E-state index in [1.807, 2.05) is 18.2 Å². The highest BCUT2D eigenvalue weighted by Crippen LogP contribution is 2.36. The van der Waals surface area contributed by atoms with Gasteiger partial charge in [0.05, 0.1) is 25.7 Å². The number of methoxy groups -OCH3 is 2. The molecule has 2 saturated heterocycles. The van der Waals surface area contributed by atoms with Crippen molar-refractivity contribution in [2.24, 2.45) is 0 Å². The van der Waals surface area contributed by atoms with E-state index < -0.39 is 17.1 Å². The summed E-state index contributed by atoms with van der Waals surface area (Å²) in [4.78, 5) is 40.6.